The van der Waals surface area contributed by atoms with E-state index < -0.39 is 0 Å². The van der Waals surface area contributed by atoms with Crippen LogP contribution in [0.1, 0.15) is 49.1 Å². The zero-order valence-corrected chi connectivity index (χ0v) is 17.9. The van der Waals surface area contributed by atoms with E-state index in [4.69, 9.17) is 9.47 Å². The molecule has 1 heterocycles. The quantitative estimate of drug-likeness (QED) is 0.700. The van der Waals surface area contributed by atoms with Crippen molar-refractivity contribution in [2.75, 3.05) is 25.5 Å². The van der Waals surface area contributed by atoms with Gasteiger partial charge in [0.05, 0.1) is 19.1 Å². The maximum Gasteiger partial charge on any atom is 0.224 e. The van der Waals surface area contributed by atoms with Crippen molar-refractivity contribution in [2.45, 2.75) is 51.0 Å². The predicted molar refractivity (Wildman–Crippen MR) is 119 cm³/mol. The molecule has 5 nitrogen and oxygen atoms in total. The Morgan fingerprint density at radius 3 is 2.70 bits per heavy atom. The topological polar surface area (TPSA) is 59.6 Å². The maximum absolute atomic E-state index is 12.5. The van der Waals surface area contributed by atoms with Crippen molar-refractivity contribution >= 4 is 11.6 Å². The molecular weight excluding hydrogens is 376 g/mol. The molecule has 2 aromatic carbocycles. The molecule has 1 saturated carbocycles. The lowest BCUT2D eigenvalue weighted by Crippen LogP contribution is -2.43. The largest absolute Gasteiger partial charge is 0.493 e. The molecule has 2 aliphatic rings. The molecule has 0 unspecified atom stereocenters. The lowest BCUT2D eigenvalue weighted by Gasteiger charge is -2.30. The van der Waals surface area contributed by atoms with Crippen LogP contribution in [0.2, 0.25) is 0 Å². The van der Waals surface area contributed by atoms with Crippen LogP contribution in [-0.4, -0.2) is 32.2 Å². The van der Waals surface area contributed by atoms with Gasteiger partial charge in [-0.2, -0.15) is 0 Å². The predicted octanol–water partition coefficient (Wildman–Crippen LogP) is 4.66. The fourth-order valence-electron chi connectivity index (χ4n) is 4.55. The van der Waals surface area contributed by atoms with Gasteiger partial charge in [0, 0.05) is 24.7 Å². The van der Waals surface area contributed by atoms with E-state index in [9.17, 15) is 4.79 Å². The van der Waals surface area contributed by atoms with Crippen LogP contribution < -0.4 is 20.1 Å². The van der Waals surface area contributed by atoms with Crippen molar-refractivity contribution in [2.24, 2.45) is 5.92 Å². The summed E-state index contributed by atoms with van der Waals surface area (Å²) in [6, 6.07) is 14.5. The molecule has 1 aliphatic carbocycles. The molecule has 2 fully saturated rings. The lowest BCUT2D eigenvalue weighted by atomic mass is 9.85. The molecular formula is C25H32N2O3. The highest BCUT2D eigenvalue weighted by molar-refractivity contribution is 5.80. The number of methoxy groups -OCH3 is 1. The van der Waals surface area contributed by atoms with E-state index in [0.29, 0.717) is 13.1 Å². The van der Waals surface area contributed by atoms with E-state index in [1.807, 2.05) is 18.2 Å². The molecule has 0 spiro atoms. The van der Waals surface area contributed by atoms with Crippen LogP contribution in [0, 0.1) is 12.8 Å². The van der Waals surface area contributed by atoms with Crippen molar-refractivity contribution in [3.63, 3.8) is 0 Å². The van der Waals surface area contributed by atoms with E-state index in [1.165, 1.54) is 24.0 Å². The standard InChI is InChI=1S/C25H32N2O3/c1-17-6-5-7-21(12-17)26-16-20-13-19(15-27-25(20)28)18-10-11-23(29-2)24(14-18)30-22-8-3-4-9-22/h5-7,10-12,14,19-20,22,26H,3-4,8-9,13,15-16H2,1-2H3,(H,27,28)/t19-,20+/m1/s1. The summed E-state index contributed by atoms with van der Waals surface area (Å²) >= 11 is 0. The maximum atomic E-state index is 12.5. The number of carbonyl (C=O) groups is 1. The van der Waals surface area contributed by atoms with Crippen LogP contribution in [-0.2, 0) is 4.79 Å². The van der Waals surface area contributed by atoms with E-state index in [2.05, 4.69) is 41.8 Å². The van der Waals surface area contributed by atoms with Crippen molar-refractivity contribution in [1.82, 2.24) is 5.32 Å². The fraction of sp³-hybridized carbons (Fsp3) is 0.480. The Morgan fingerprint density at radius 2 is 1.93 bits per heavy atom. The van der Waals surface area contributed by atoms with Gasteiger partial charge in [-0.3, -0.25) is 4.79 Å². The van der Waals surface area contributed by atoms with Crippen molar-refractivity contribution in [3.05, 3.63) is 53.6 Å². The van der Waals surface area contributed by atoms with Gasteiger partial charge in [0.15, 0.2) is 11.5 Å². The molecule has 30 heavy (non-hydrogen) atoms. The Kier molecular flexibility index (Phi) is 6.46. The van der Waals surface area contributed by atoms with Gasteiger partial charge < -0.3 is 20.1 Å². The SMILES string of the molecule is COc1ccc([C@H]2CNC(=O)[C@H](CNc3cccc(C)c3)C2)cc1OC1CCCC1. The summed E-state index contributed by atoms with van der Waals surface area (Å²) in [6.45, 7) is 3.37. The minimum absolute atomic E-state index is 0.0643. The highest BCUT2D eigenvalue weighted by Crippen LogP contribution is 2.36. The number of ether oxygens (including phenoxy) is 2. The molecule has 1 aliphatic heterocycles. The first-order chi connectivity index (χ1) is 14.6. The fourth-order valence-corrected chi connectivity index (χ4v) is 4.55. The molecule has 2 N–H and O–H groups in total. The van der Waals surface area contributed by atoms with E-state index >= 15 is 0 Å². The Bertz CT molecular complexity index is 876. The number of rotatable bonds is 7. The summed E-state index contributed by atoms with van der Waals surface area (Å²) in [5, 5.41) is 6.53. The van der Waals surface area contributed by atoms with Gasteiger partial charge in [-0.1, -0.05) is 18.2 Å². The summed E-state index contributed by atoms with van der Waals surface area (Å²) in [6.07, 6.45) is 5.79. The highest BCUT2D eigenvalue weighted by atomic mass is 16.5. The molecule has 1 saturated heterocycles. The summed E-state index contributed by atoms with van der Waals surface area (Å²) in [5.74, 6) is 1.94. The van der Waals surface area contributed by atoms with Crippen LogP contribution in [0.5, 0.6) is 11.5 Å². The minimum atomic E-state index is -0.0643. The molecule has 5 heteroatoms. The van der Waals surface area contributed by atoms with Crippen LogP contribution in [0.25, 0.3) is 0 Å². The van der Waals surface area contributed by atoms with Gasteiger partial charge in [0.25, 0.3) is 0 Å². The van der Waals surface area contributed by atoms with Gasteiger partial charge in [-0.15, -0.1) is 0 Å². The third-order valence-electron chi connectivity index (χ3n) is 6.29. The van der Waals surface area contributed by atoms with Crippen molar-refractivity contribution < 1.29 is 14.3 Å². The average Bonchev–Trinajstić information content (AvgIpc) is 3.26. The molecule has 2 atom stereocenters. The van der Waals surface area contributed by atoms with Crippen LogP contribution in [0.3, 0.4) is 0 Å². The lowest BCUT2D eigenvalue weighted by molar-refractivity contribution is -0.126. The molecule has 2 aromatic rings. The Labute approximate surface area is 179 Å². The van der Waals surface area contributed by atoms with Gasteiger partial charge in [0.2, 0.25) is 5.91 Å². The molecule has 1 amide bonds. The molecule has 160 valence electrons. The second-order valence-electron chi connectivity index (χ2n) is 8.56. The number of carbonyl (C=O) groups excluding carboxylic acids is 1. The zero-order chi connectivity index (χ0) is 20.9. The first kappa shape index (κ1) is 20.6. The van der Waals surface area contributed by atoms with Crippen molar-refractivity contribution in [3.8, 4) is 11.5 Å². The van der Waals surface area contributed by atoms with Gasteiger partial charge in [-0.25, -0.2) is 0 Å². The molecule has 0 aromatic heterocycles. The van der Waals surface area contributed by atoms with Gasteiger partial charge in [-0.05, 0) is 74.4 Å². The first-order valence-corrected chi connectivity index (χ1v) is 11.0. The average molecular weight is 409 g/mol. The smallest absolute Gasteiger partial charge is 0.224 e. The Balaban J connectivity index is 1.44. The first-order valence-electron chi connectivity index (χ1n) is 11.0. The van der Waals surface area contributed by atoms with Crippen LogP contribution >= 0.6 is 0 Å². The summed E-state index contributed by atoms with van der Waals surface area (Å²) < 4.78 is 11.8. The summed E-state index contributed by atoms with van der Waals surface area (Å²) in [5.41, 5.74) is 3.46. The van der Waals surface area contributed by atoms with Crippen molar-refractivity contribution in [1.29, 1.82) is 0 Å². The number of amides is 1. The monoisotopic (exact) mass is 408 g/mol. The second kappa shape index (κ2) is 9.41. The summed E-state index contributed by atoms with van der Waals surface area (Å²) in [7, 11) is 1.68. The molecule has 0 bridgehead atoms. The number of piperidine rings is 1. The van der Waals surface area contributed by atoms with E-state index in [1.54, 1.807) is 7.11 Å². The number of anilines is 1. The Morgan fingerprint density at radius 1 is 1.10 bits per heavy atom. The third kappa shape index (κ3) is 4.89. The molecule has 0 radical (unpaired) electrons. The molecule has 4 rings (SSSR count). The van der Waals surface area contributed by atoms with E-state index in [0.717, 1.165) is 36.4 Å². The van der Waals surface area contributed by atoms with Crippen LogP contribution in [0.15, 0.2) is 42.5 Å². The third-order valence-corrected chi connectivity index (χ3v) is 6.29. The Hall–Kier alpha value is -2.69. The highest BCUT2D eigenvalue weighted by Gasteiger charge is 2.30. The normalized spacial score (nSPS) is 21.9. The second-order valence-corrected chi connectivity index (χ2v) is 8.56. The number of hydrogen-bond acceptors (Lipinski definition) is 4. The number of hydrogen-bond donors (Lipinski definition) is 2. The number of aryl methyl sites for hydroxylation is 1. The zero-order valence-electron chi connectivity index (χ0n) is 17.9. The minimum Gasteiger partial charge on any atom is -0.493 e. The number of nitrogens with one attached hydrogen (secondary N) is 2. The summed E-state index contributed by atoms with van der Waals surface area (Å²) in [4.78, 5) is 12.5. The van der Waals surface area contributed by atoms with E-state index in [-0.39, 0.29) is 23.8 Å². The van der Waals surface area contributed by atoms with Crippen LogP contribution in [0.4, 0.5) is 5.69 Å². The number of benzene rings is 2. The van der Waals surface area contributed by atoms with Gasteiger partial charge >= 0.3 is 0 Å². The van der Waals surface area contributed by atoms with Gasteiger partial charge in [0.1, 0.15) is 0 Å².